The molecule has 0 atom stereocenters. The molecule has 0 radical (unpaired) electrons. The molecule has 14 heteroatoms. The first kappa shape index (κ1) is 45.6. The van der Waals surface area contributed by atoms with Gasteiger partial charge in [-0.25, -0.2) is 0 Å². The van der Waals surface area contributed by atoms with E-state index in [0.717, 1.165) is 18.5 Å². The van der Waals surface area contributed by atoms with Crippen molar-refractivity contribution < 1.29 is 61.7 Å². The molecule has 1 N–H and O–H groups in total. The van der Waals surface area contributed by atoms with Crippen molar-refractivity contribution in [3.8, 4) is 5.75 Å². The van der Waals surface area contributed by atoms with Gasteiger partial charge in [-0.1, -0.05) is 32.6 Å². The summed E-state index contributed by atoms with van der Waals surface area (Å²) in [6, 6.07) is 7.17. The van der Waals surface area contributed by atoms with Crippen LogP contribution in [0.2, 0.25) is 0 Å². The van der Waals surface area contributed by atoms with Crippen LogP contribution in [0.3, 0.4) is 0 Å². The Morgan fingerprint density at radius 1 is 0.480 bits per heavy atom. The average Bonchev–Trinajstić information content (AvgIpc) is 3.11. The number of anilines is 1. The molecule has 0 unspecified atom stereocenters. The fourth-order valence-corrected chi connectivity index (χ4v) is 4.08. The lowest BCUT2D eigenvalue weighted by atomic mass is 10.1. The summed E-state index contributed by atoms with van der Waals surface area (Å²) in [6.45, 7) is 12.9. The molecule has 290 valence electrons. The van der Waals surface area contributed by atoms with E-state index in [1.165, 1.54) is 26.2 Å². The first-order valence-electron chi connectivity index (χ1n) is 18.0. The van der Waals surface area contributed by atoms with Gasteiger partial charge in [0.15, 0.2) is 0 Å². The molecule has 0 aliphatic carbocycles. The SMILES string of the molecule is CCCCCCCC(=O)OCCOCCOCCOCCOCCOCCOCCOCCOCCOCCOc1ccc(NC(C)=O)cc1. The van der Waals surface area contributed by atoms with Gasteiger partial charge in [-0.05, 0) is 30.7 Å². The molecule has 0 bridgehead atoms. The molecule has 14 nitrogen and oxygen atoms in total. The van der Waals surface area contributed by atoms with E-state index >= 15 is 0 Å². The lowest BCUT2D eigenvalue weighted by molar-refractivity contribution is -0.145. The highest BCUT2D eigenvalue weighted by Crippen LogP contribution is 2.15. The summed E-state index contributed by atoms with van der Waals surface area (Å²) in [5.74, 6) is 0.454. The minimum atomic E-state index is -0.151. The van der Waals surface area contributed by atoms with E-state index < -0.39 is 0 Å². The van der Waals surface area contributed by atoms with E-state index in [-0.39, 0.29) is 18.5 Å². The molecule has 0 saturated carbocycles. The summed E-state index contributed by atoms with van der Waals surface area (Å²) in [6.07, 6.45) is 6.05. The summed E-state index contributed by atoms with van der Waals surface area (Å²) < 4.78 is 60.0. The number of nitrogens with one attached hydrogen (secondary N) is 1. The minimum Gasteiger partial charge on any atom is -0.491 e. The second-order valence-corrected chi connectivity index (χ2v) is 11.0. The Morgan fingerprint density at radius 2 is 0.840 bits per heavy atom. The van der Waals surface area contributed by atoms with Crippen LogP contribution >= 0.6 is 0 Å². The van der Waals surface area contributed by atoms with Gasteiger partial charge in [0.2, 0.25) is 5.91 Å². The van der Waals surface area contributed by atoms with Crippen molar-refractivity contribution in [3.05, 3.63) is 24.3 Å². The van der Waals surface area contributed by atoms with E-state index in [2.05, 4.69) is 12.2 Å². The van der Waals surface area contributed by atoms with Crippen LogP contribution in [0.5, 0.6) is 5.75 Å². The molecule has 1 rings (SSSR count). The third-order valence-electron chi connectivity index (χ3n) is 6.62. The molecule has 0 aromatic heterocycles. The minimum absolute atomic E-state index is 0.110. The van der Waals surface area contributed by atoms with Crippen molar-refractivity contribution in [2.24, 2.45) is 0 Å². The highest BCUT2D eigenvalue weighted by Gasteiger charge is 2.03. The van der Waals surface area contributed by atoms with E-state index in [1.807, 2.05) is 0 Å². The van der Waals surface area contributed by atoms with Crippen molar-refractivity contribution >= 4 is 17.6 Å². The Balaban J connectivity index is 1.67. The average molecular weight is 718 g/mol. The largest absolute Gasteiger partial charge is 0.491 e. The van der Waals surface area contributed by atoms with Crippen LogP contribution in [-0.2, 0) is 57.0 Å². The third kappa shape index (κ3) is 32.8. The maximum absolute atomic E-state index is 11.6. The van der Waals surface area contributed by atoms with Crippen LogP contribution in [0.15, 0.2) is 24.3 Å². The predicted molar refractivity (Wildman–Crippen MR) is 188 cm³/mol. The molecule has 0 aliphatic rings. The number of unbranched alkanes of at least 4 members (excludes halogenated alkanes) is 4. The molecule has 0 spiro atoms. The van der Waals surface area contributed by atoms with E-state index in [1.54, 1.807) is 24.3 Å². The van der Waals surface area contributed by atoms with Gasteiger partial charge in [0, 0.05) is 19.0 Å². The first-order chi connectivity index (χ1) is 24.6. The van der Waals surface area contributed by atoms with Crippen LogP contribution in [0.25, 0.3) is 0 Å². The number of benzene rings is 1. The quantitative estimate of drug-likeness (QED) is 0.0775. The van der Waals surface area contributed by atoms with Crippen LogP contribution < -0.4 is 10.1 Å². The Bertz CT molecular complexity index is 891. The van der Waals surface area contributed by atoms with Gasteiger partial charge < -0.3 is 57.4 Å². The zero-order chi connectivity index (χ0) is 36.0. The molecule has 1 amide bonds. The molecule has 1 aromatic rings. The predicted octanol–water partition coefficient (Wildman–Crippen LogP) is 4.08. The van der Waals surface area contributed by atoms with Gasteiger partial charge >= 0.3 is 5.97 Å². The number of amides is 1. The standard InChI is InChI=1S/C36H63NO13/c1-3-4-5-6-7-8-36(39)50-32-30-48-28-26-46-24-22-44-20-18-42-16-14-40-13-15-41-17-19-43-21-23-45-25-27-47-29-31-49-35-11-9-34(10-12-35)37-33(2)38/h9-12H,3-8,13-32H2,1-2H3,(H,37,38). The Labute approximate surface area is 299 Å². The molecule has 50 heavy (non-hydrogen) atoms. The maximum Gasteiger partial charge on any atom is 0.305 e. The number of ether oxygens (including phenoxy) is 11. The number of carbonyl (C=O) groups excluding carboxylic acids is 2. The van der Waals surface area contributed by atoms with E-state index in [4.69, 9.17) is 52.1 Å². The van der Waals surface area contributed by atoms with Crippen molar-refractivity contribution in [2.45, 2.75) is 52.4 Å². The molecular formula is C36H63NO13. The van der Waals surface area contributed by atoms with Gasteiger partial charge in [-0.15, -0.1) is 0 Å². The fourth-order valence-electron chi connectivity index (χ4n) is 4.08. The fraction of sp³-hybridized carbons (Fsp3) is 0.778. The molecule has 0 heterocycles. The van der Waals surface area contributed by atoms with Gasteiger partial charge in [0.05, 0.1) is 119 Å². The highest BCUT2D eigenvalue weighted by molar-refractivity contribution is 5.88. The first-order valence-corrected chi connectivity index (χ1v) is 18.0. The van der Waals surface area contributed by atoms with Crippen LogP contribution in [-0.4, -0.2) is 144 Å². The van der Waals surface area contributed by atoms with Gasteiger partial charge in [0.1, 0.15) is 19.0 Å². The zero-order valence-electron chi connectivity index (χ0n) is 30.5. The summed E-state index contributed by atoms with van der Waals surface area (Å²) in [7, 11) is 0. The highest BCUT2D eigenvalue weighted by atomic mass is 16.6. The van der Waals surface area contributed by atoms with E-state index in [9.17, 15) is 9.59 Å². The van der Waals surface area contributed by atoms with Crippen molar-refractivity contribution in [1.29, 1.82) is 0 Å². The smallest absolute Gasteiger partial charge is 0.305 e. The Morgan fingerprint density at radius 3 is 1.22 bits per heavy atom. The summed E-state index contributed by atoms with van der Waals surface area (Å²) in [5, 5.41) is 2.71. The summed E-state index contributed by atoms with van der Waals surface area (Å²) >= 11 is 0. The number of hydrogen-bond acceptors (Lipinski definition) is 13. The number of carbonyl (C=O) groups is 2. The van der Waals surface area contributed by atoms with Crippen LogP contribution in [0.4, 0.5) is 5.69 Å². The van der Waals surface area contributed by atoms with Crippen LogP contribution in [0.1, 0.15) is 52.4 Å². The topological polar surface area (TPSA) is 148 Å². The van der Waals surface area contributed by atoms with Crippen molar-refractivity contribution in [1.82, 2.24) is 0 Å². The summed E-state index contributed by atoms with van der Waals surface area (Å²) in [5.41, 5.74) is 0.730. The third-order valence-corrected chi connectivity index (χ3v) is 6.62. The number of rotatable bonds is 38. The number of hydrogen-bond donors (Lipinski definition) is 1. The Kier molecular flexibility index (Phi) is 33.2. The second-order valence-electron chi connectivity index (χ2n) is 11.0. The van der Waals surface area contributed by atoms with Gasteiger partial charge in [-0.3, -0.25) is 9.59 Å². The molecule has 1 aromatic carbocycles. The van der Waals surface area contributed by atoms with Crippen molar-refractivity contribution in [3.63, 3.8) is 0 Å². The summed E-state index contributed by atoms with van der Waals surface area (Å²) in [4.78, 5) is 22.7. The Hall–Kier alpha value is -2.40. The number of esters is 1. The zero-order valence-corrected chi connectivity index (χ0v) is 30.5. The lowest BCUT2D eigenvalue weighted by Crippen LogP contribution is -2.15. The monoisotopic (exact) mass is 717 g/mol. The maximum atomic E-state index is 11.6. The lowest BCUT2D eigenvalue weighted by Gasteiger charge is -2.09. The molecule has 0 fully saturated rings. The van der Waals surface area contributed by atoms with E-state index in [0.29, 0.717) is 138 Å². The van der Waals surface area contributed by atoms with Gasteiger partial charge in [0.25, 0.3) is 0 Å². The second kappa shape index (κ2) is 36.4. The molecule has 0 saturated heterocycles. The normalized spacial score (nSPS) is 11.2. The van der Waals surface area contributed by atoms with Gasteiger partial charge in [-0.2, -0.15) is 0 Å². The van der Waals surface area contributed by atoms with Crippen molar-refractivity contribution in [2.75, 3.05) is 137 Å². The molecule has 0 aliphatic heterocycles. The molecular weight excluding hydrogens is 654 g/mol. The van der Waals surface area contributed by atoms with Crippen LogP contribution in [0, 0.1) is 0 Å².